The van der Waals surface area contributed by atoms with E-state index >= 15 is 0 Å². The predicted octanol–water partition coefficient (Wildman–Crippen LogP) is 3.09. The van der Waals surface area contributed by atoms with Crippen LogP contribution in [0.15, 0.2) is 30.5 Å². The normalized spacial score (nSPS) is 17.9. The molecule has 0 saturated carbocycles. The Bertz CT molecular complexity index is 1140. The average Bonchev–Trinajstić information content (AvgIpc) is 2.99. The fourth-order valence-electron chi connectivity index (χ4n) is 3.51. The molecule has 0 spiro atoms. The fourth-order valence-corrected chi connectivity index (χ4v) is 6.13. The number of hydrogen-bond donors (Lipinski definition) is 0. The Morgan fingerprint density at radius 1 is 0.903 bits per heavy atom. The van der Waals surface area contributed by atoms with Crippen LogP contribution in [0.25, 0.3) is 10.9 Å². The number of alkyl halides is 6. The van der Waals surface area contributed by atoms with Gasteiger partial charge in [0.2, 0.25) is 0 Å². The molecule has 31 heavy (non-hydrogen) atoms. The highest BCUT2D eigenvalue weighted by Gasteiger charge is 2.62. The molecule has 0 unspecified atom stereocenters. The molecule has 3 rings (SSSR count). The fraction of sp³-hybridized carbons (Fsp3) is 0.500. The average molecular weight is 493 g/mol. The number of nitrogens with zero attached hydrogens (tertiary/aromatic N) is 3. The standard InChI is InChI=1S/C16H17F6N3O4S2/c1-23-8-6-11(7-9-23)13-10-24(14-5-3-2-4-12(13)14)25(30(26,27)15(17,18)19)31(28,29)16(20,21)22/h2-5,10-11H,6-9H2,1H3. The molecular formula is C16H17F6N3O4S2. The van der Waals surface area contributed by atoms with E-state index in [0.717, 1.165) is 12.3 Å². The molecule has 7 nitrogen and oxygen atoms in total. The minimum atomic E-state index is -6.97. The monoisotopic (exact) mass is 493 g/mol. The molecule has 0 atom stereocenters. The summed E-state index contributed by atoms with van der Waals surface area (Å²) in [6, 6.07) is 5.15. The van der Waals surface area contributed by atoms with E-state index in [2.05, 4.69) is 0 Å². The van der Waals surface area contributed by atoms with Crippen molar-refractivity contribution >= 4 is 30.9 Å². The number of fused-ring (bicyclic) bond motifs is 1. The topological polar surface area (TPSA) is 79.7 Å². The number of benzene rings is 1. The van der Waals surface area contributed by atoms with E-state index in [4.69, 9.17) is 0 Å². The molecule has 1 saturated heterocycles. The number of para-hydroxylation sites is 1. The number of hydrogen-bond acceptors (Lipinski definition) is 5. The first-order valence-corrected chi connectivity index (χ1v) is 11.7. The highest BCUT2D eigenvalue weighted by atomic mass is 32.3. The van der Waals surface area contributed by atoms with Crippen LogP contribution >= 0.6 is 0 Å². The maximum absolute atomic E-state index is 13.2. The van der Waals surface area contributed by atoms with Crippen molar-refractivity contribution in [3.8, 4) is 0 Å². The summed E-state index contributed by atoms with van der Waals surface area (Å²) < 4.78 is 126. The first-order valence-electron chi connectivity index (χ1n) is 8.81. The molecule has 1 fully saturated rings. The first-order chi connectivity index (χ1) is 14.1. The minimum Gasteiger partial charge on any atom is -0.306 e. The predicted molar refractivity (Wildman–Crippen MR) is 99.6 cm³/mol. The second kappa shape index (κ2) is 7.55. The van der Waals surface area contributed by atoms with Gasteiger partial charge < -0.3 is 4.90 Å². The van der Waals surface area contributed by atoms with Crippen LogP contribution in [-0.4, -0.2) is 57.6 Å². The highest BCUT2D eigenvalue weighted by Crippen LogP contribution is 2.39. The van der Waals surface area contributed by atoms with Crippen LogP contribution in [0.1, 0.15) is 24.3 Å². The number of sulfonamides is 2. The van der Waals surface area contributed by atoms with Crippen molar-refractivity contribution in [2.45, 2.75) is 29.8 Å². The lowest BCUT2D eigenvalue weighted by molar-refractivity contribution is -0.0471. The molecule has 174 valence electrons. The Balaban J connectivity index is 2.32. The van der Waals surface area contributed by atoms with E-state index in [1.165, 1.54) is 18.2 Å². The van der Waals surface area contributed by atoms with Gasteiger partial charge in [-0.2, -0.15) is 43.2 Å². The molecule has 1 aliphatic heterocycles. The molecule has 0 bridgehead atoms. The Labute approximate surface area is 173 Å². The van der Waals surface area contributed by atoms with E-state index in [1.54, 1.807) is 0 Å². The van der Waals surface area contributed by atoms with Gasteiger partial charge in [-0.1, -0.05) is 22.0 Å². The van der Waals surface area contributed by atoms with E-state index in [1.807, 2.05) is 11.9 Å². The molecule has 15 heteroatoms. The number of likely N-dealkylation sites (tertiary alicyclic amines) is 1. The Morgan fingerprint density at radius 2 is 1.39 bits per heavy atom. The van der Waals surface area contributed by atoms with Crippen LogP contribution in [0.3, 0.4) is 0 Å². The summed E-state index contributed by atoms with van der Waals surface area (Å²) in [5, 5.41) is 0.164. The molecule has 1 aromatic carbocycles. The highest BCUT2D eigenvalue weighted by molar-refractivity contribution is 8.10. The van der Waals surface area contributed by atoms with Gasteiger partial charge in [0, 0.05) is 11.6 Å². The minimum absolute atomic E-state index is 0.0887. The zero-order valence-corrected chi connectivity index (χ0v) is 17.5. The summed E-state index contributed by atoms with van der Waals surface area (Å²) in [5.74, 6) is -0.314. The lowest BCUT2D eigenvalue weighted by Gasteiger charge is -2.29. The number of halogens is 6. The SMILES string of the molecule is CN1CCC(c2cn(N(S(=O)(=O)C(F)(F)F)S(=O)(=O)C(F)(F)F)c3ccccc23)CC1. The molecule has 1 aliphatic rings. The van der Waals surface area contributed by atoms with E-state index in [-0.39, 0.29) is 21.5 Å². The number of rotatable bonds is 4. The first kappa shape index (κ1) is 23.7. The summed E-state index contributed by atoms with van der Waals surface area (Å²) in [6.45, 7) is 1.19. The van der Waals surface area contributed by atoms with Crippen LogP contribution in [0.2, 0.25) is 0 Å². The van der Waals surface area contributed by atoms with E-state index < -0.39 is 40.4 Å². The van der Waals surface area contributed by atoms with Crippen molar-refractivity contribution in [2.75, 3.05) is 24.0 Å². The lowest BCUT2D eigenvalue weighted by Crippen LogP contribution is -2.54. The molecule has 0 radical (unpaired) electrons. The third kappa shape index (κ3) is 3.98. The Kier molecular flexibility index (Phi) is 5.76. The van der Waals surface area contributed by atoms with Crippen molar-refractivity contribution in [1.29, 1.82) is 0 Å². The quantitative estimate of drug-likeness (QED) is 0.612. The van der Waals surface area contributed by atoms with Crippen molar-refractivity contribution in [1.82, 2.24) is 9.58 Å². The molecule has 0 N–H and O–H groups in total. The largest absolute Gasteiger partial charge is 0.519 e. The Morgan fingerprint density at radius 3 is 1.87 bits per heavy atom. The molecule has 2 aromatic rings. The van der Waals surface area contributed by atoms with Gasteiger partial charge in [-0.05, 0) is 50.5 Å². The van der Waals surface area contributed by atoms with Gasteiger partial charge in [0.05, 0.1) is 5.52 Å². The van der Waals surface area contributed by atoms with Gasteiger partial charge in [-0.25, -0.2) is 4.68 Å². The Hall–Kier alpha value is -2.00. The maximum atomic E-state index is 13.2. The van der Waals surface area contributed by atoms with Crippen molar-refractivity contribution < 1.29 is 43.2 Å². The third-order valence-electron chi connectivity index (χ3n) is 5.05. The molecule has 1 aromatic heterocycles. The van der Waals surface area contributed by atoms with Gasteiger partial charge >= 0.3 is 31.1 Å². The van der Waals surface area contributed by atoms with Crippen LogP contribution in [0.4, 0.5) is 26.3 Å². The van der Waals surface area contributed by atoms with Crippen LogP contribution in [0, 0.1) is 0 Å². The zero-order valence-electron chi connectivity index (χ0n) is 15.9. The van der Waals surface area contributed by atoms with Crippen LogP contribution < -0.4 is 3.82 Å². The molecule has 0 amide bonds. The van der Waals surface area contributed by atoms with E-state index in [0.29, 0.717) is 25.9 Å². The summed E-state index contributed by atoms with van der Waals surface area (Å²) in [7, 11) is -12.1. The van der Waals surface area contributed by atoms with Crippen molar-refractivity contribution in [2.24, 2.45) is 0 Å². The van der Waals surface area contributed by atoms with Crippen LogP contribution in [-0.2, 0) is 20.0 Å². The van der Waals surface area contributed by atoms with Gasteiger partial charge in [0.25, 0.3) is 0 Å². The summed E-state index contributed by atoms with van der Waals surface area (Å²) >= 11 is 0. The number of aromatic nitrogens is 1. The molecule has 0 aliphatic carbocycles. The van der Waals surface area contributed by atoms with Gasteiger partial charge in [0.1, 0.15) is 0 Å². The maximum Gasteiger partial charge on any atom is 0.519 e. The van der Waals surface area contributed by atoms with Crippen molar-refractivity contribution in [3.63, 3.8) is 0 Å². The lowest BCUT2D eigenvalue weighted by atomic mass is 9.89. The summed E-state index contributed by atoms with van der Waals surface area (Å²) in [4.78, 5) is 1.98. The molecular weight excluding hydrogens is 476 g/mol. The van der Waals surface area contributed by atoms with Gasteiger partial charge in [-0.3, -0.25) is 0 Å². The van der Waals surface area contributed by atoms with E-state index in [9.17, 15) is 43.2 Å². The smallest absolute Gasteiger partial charge is 0.306 e. The second-order valence-corrected chi connectivity index (χ2v) is 10.9. The number of piperidine rings is 1. The van der Waals surface area contributed by atoms with Gasteiger partial charge in [0.15, 0.2) is 0 Å². The zero-order chi connectivity index (χ0) is 23.4. The summed E-state index contributed by atoms with van der Waals surface area (Å²) in [5.41, 5.74) is -12.8. The molecule has 2 heterocycles. The third-order valence-corrected chi connectivity index (χ3v) is 8.58. The summed E-state index contributed by atoms with van der Waals surface area (Å²) in [6.07, 6.45) is 1.73. The second-order valence-electron chi connectivity index (χ2n) is 7.10. The van der Waals surface area contributed by atoms with Crippen LogP contribution in [0.5, 0.6) is 0 Å². The van der Waals surface area contributed by atoms with Crippen molar-refractivity contribution in [3.05, 3.63) is 36.0 Å². The van der Waals surface area contributed by atoms with Gasteiger partial charge in [-0.15, -0.1) is 0 Å².